The highest BCUT2D eigenvalue weighted by atomic mass is 32.2. The summed E-state index contributed by atoms with van der Waals surface area (Å²) in [5.74, 6) is 1.71. The molecule has 0 atom stereocenters. The van der Waals surface area contributed by atoms with Crippen molar-refractivity contribution in [3.05, 3.63) is 36.1 Å². The molecule has 0 saturated carbocycles. The average Bonchev–Trinajstić information content (AvgIpc) is 2.44. The molecule has 0 N–H and O–H groups in total. The summed E-state index contributed by atoms with van der Waals surface area (Å²) in [5, 5.41) is 1.03. The lowest BCUT2D eigenvalue weighted by molar-refractivity contribution is 0.401. The van der Waals surface area contributed by atoms with Gasteiger partial charge in [0.1, 0.15) is 23.1 Å². The minimum Gasteiger partial charge on any atom is -0.497 e. The van der Waals surface area contributed by atoms with E-state index in [1.807, 2.05) is 24.3 Å². The van der Waals surface area contributed by atoms with E-state index in [1.54, 1.807) is 7.11 Å². The molecule has 0 aliphatic carbocycles. The molecule has 2 aromatic rings. The molecule has 3 rings (SSSR count). The van der Waals surface area contributed by atoms with Gasteiger partial charge in [0, 0.05) is 11.3 Å². The van der Waals surface area contributed by atoms with Crippen molar-refractivity contribution < 1.29 is 13.9 Å². The first-order chi connectivity index (χ1) is 9.91. The van der Waals surface area contributed by atoms with Crippen molar-refractivity contribution in [2.24, 2.45) is 0 Å². The lowest BCUT2D eigenvalue weighted by atomic mass is 10.3. The maximum absolute atomic E-state index is 14.4. The van der Waals surface area contributed by atoms with Crippen LogP contribution in [0.15, 0.2) is 40.1 Å². The molecule has 1 heterocycles. The smallest absolute Gasteiger partial charge is 0.147 e. The third-order valence-electron chi connectivity index (χ3n) is 3.40. The number of methoxy groups -OCH3 is 1. The Morgan fingerprint density at radius 2 is 1.90 bits per heavy atom. The van der Waals surface area contributed by atoms with Gasteiger partial charge in [0.2, 0.25) is 0 Å². The molecule has 1 aliphatic rings. The van der Waals surface area contributed by atoms with Gasteiger partial charge in [-0.3, -0.25) is 0 Å². The molecule has 0 aromatic heterocycles. The second-order valence-corrected chi connectivity index (χ2v) is 12.0. The highest BCUT2D eigenvalue weighted by Gasteiger charge is 2.33. The van der Waals surface area contributed by atoms with E-state index >= 15 is 0 Å². The minimum atomic E-state index is -1.75. The molecule has 0 spiro atoms. The molecule has 110 valence electrons. The van der Waals surface area contributed by atoms with Crippen molar-refractivity contribution in [2.75, 3.05) is 7.11 Å². The van der Waals surface area contributed by atoms with Crippen LogP contribution < -0.4 is 14.7 Å². The predicted molar refractivity (Wildman–Crippen MR) is 86.6 cm³/mol. The summed E-state index contributed by atoms with van der Waals surface area (Å²) in [6.45, 7) is 6.62. The lowest BCUT2D eigenvalue weighted by Crippen LogP contribution is -2.40. The highest BCUT2D eigenvalue weighted by molar-refractivity contribution is 7.99. The summed E-state index contributed by atoms with van der Waals surface area (Å²) < 4.78 is 25.9. The van der Waals surface area contributed by atoms with Crippen LogP contribution in [0.2, 0.25) is 19.6 Å². The Morgan fingerprint density at radius 3 is 2.57 bits per heavy atom. The monoisotopic (exact) mass is 320 g/mol. The minimum absolute atomic E-state index is 0.289. The fourth-order valence-electron chi connectivity index (χ4n) is 2.49. The summed E-state index contributed by atoms with van der Waals surface area (Å²) in [7, 11) is -0.174. The molecule has 0 fully saturated rings. The molecule has 21 heavy (non-hydrogen) atoms. The van der Waals surface area contributed by atoms with Gasteiger partial charge in [-0.1, -0.05) is 43.5 Å². The van der Waals surface area contributed by atoms with Gasteiger partial charge in [-0.2, -0.15) is 0 Å². The maximum Gasteiger partial charge on any atom is 0.147 e. The van der Waals surface area contributed by atoms with Crippen LogP contribution in [0.5, 0.6) is 17.2 Å². The Kier molecular flexibility index (Phi) is 3.49. The number of rotatable bonds is 2. The predicted octanol–water partition coefficient (Wildman–Crippen LogP) is 4.64. The molecule has 5 heteroatoms. The molecule has 0 saturated heterocycles. The SMILES string of the molecule is COc1cc(F)c2c(c1[Si](C)(C)C)Oc1ccccc1S2. The number of benzene rings is 2. The number of para-hydroxylation sites is 1. The first kappa shape index (κ1) is 14.5. The number of hydrogen-bond acceptors (Lipinski definition) is 3. The van der Waals surface area contributed by atoms with E-state index in [2.05, 4.69) is 19.6 Å². The van der Waals surface area contributed by atoms with E-state index in [1.165, 1.54) is 17.8 Å². The number of ether oxygens (including phenoxy) is 2. The maximum atomic E-state index is 14.4. The molecule has 2 aromatic carbocycles. The highest BCUT2D eigenvalue weighted by Crippen LogP contribution is 2.49. The molecule has 0 bridgehead atoms. The van der Waals surface area contributed by atoms with Crippen LogP contribution in [0, 0.1) is 5.82 Å². The quantitative estimate of drug-likeness (QED) is 0.641. The van der Waals surface area contributed by atoms with Crippen molar-refractivity contribution in [1.82, 2.24) is 0 Å². The van der Waals surface area contributed by atoms with E-state index < -0.39 is 8.07 Å². The van der Waals surface area contributed by atoms with Crippen LogP contribution in [0.25, 0.3) is 0 Å². The van der Waals surface area contributed by atoms with E-state index in [-0.39, 0.29) is 5.82 Å². The molecule has 1 aliphatic heterocycles. The Morgan fingerprint density at radius 1 is 1.19 bits per heavy atom. The second-order valence-electron chi connectivity index (χ2n) is 5.99. The Balaban J connectivity index is 2.25. The van der Waals surface area contributed by atoms with Gasteiger partial charge >= 0.3 is 0 Å². The second kappa shape index (κ2) is 5.07. The van der Waals surface area contributed by atoms with Crippen LogP contribution in [-0.4, -0.2) is 15.2 Å². The van der Waals surface area contributed by atoms with Crippen molar-refractivity contribution in [3.8, 4) is 17.2 Å². The lowest BCUT2D eigenvalue weighted by Gasteiger charge is -2.28. The molecule has 2 nitrogen and oxygen atoms in total. The fourth-order valence-corrected chi connectivity index (χ4v) is 5.32. The molecular weight excluding hydrogens is 303 g/mol. The Hall–Kier alpha value is -1.46. The third kappa shape index (κ3) is 2.44. The van der Waals surface area contributed by atoms with Crippen LogP contribution in [-0.2, 0) is 0 Å². The van der Waals surface area contributed by atoms with E-state index in [0.29, 0.717) is 16.4 Å². The molecular formula is C16H17FO2SSi. The van der Waals surface area contributed by atoms with E-state index in [9.17, 15) is 4.39 Å². The summed E-state index contributed by atoms with van der Waals surface area (Å²) in [4.78, 5) is 1.50. The number of fused-ring (bicyclic) bond motifs is 2. The van der Waals surface area contributed by atoms with Gasteiger partial charge < -0.3 is 9.47 Å². The molecule has 0 radical (unpaired) electrons. The number of halogens is 1. The van der Waals surface area contributed by atoms with Gasteiger partial charge in [-0.15, -0.1) is 0 Å². The van der Waals surface area contributed by atoms with Crippen LogP contribution >= 0.6 is 11.8 Å². The zero-order chi connectivity index (χ0) is 15.2. The van der Waals surface area contributed by atoms with Crippen molar-refractivity contribution >= 4 is 25.0 Å². The van der Waals surface area contributed by atoms with E-state index in [4.69, 9.17) is 9.47 Å². The van der Waals surface area contributed by atoms with Gasteiger partial charge in [0.25, 0.3) is 0 Å². The molecule has 0 unspecified atom stereocenters. The summed E-state index contributed by atoms with van der Waals surface area (Å²) in [6, 6.07) is 9.20. The van der Waals surface area contributed by atoms with Crippen LogP contribution in [0.1, 0.15) is 0 Å². The average molecular weight is 320 g/mol. The van der Waals surface area contributed by atoms with Crippen LogP contribution in [0.4, 0.5) is 4.39 Å². The van der Waals surface area contributed by atoms with Gasteiger partial charge in [0.05, 0.1) is 25.0 Å². The zero-order valence-electron chi connectivity index (χ0n) is 12.5. The number of hydrogen-bond donors (Lipinski definition) is 0. The van der Waals surface area contributed by atoms with Crippen molar-refractivity contribution in [1.29, 1.82) is 0 Å². The van der Waals surface area contributed by atoms with Crippen molar-refractivity contribution in [3.63, 3.8) is 0 Å². The third-order valence-corrected chi connectivity index (χ3v) is 6.51. The van der Waals surface area contributed by atoms with E-state index in [0.717, 1.165) is 15.8 Å². The van der Waals surface area contributed by atoms with Crippen LogP contribution in [0.3, 0.4) is 0 Å². The van der Waals surface area contributed by atoms with Gasteiger partial charge in [0.15, 0.2) is 0 Å². The standard InChI is InChI=1S/C16H17FO2SSi/c1-18-12-9-10(17)15-14(16(12)21(2,3)4)19-11-7-5-6-8-13(11)20-15/h5-9H,1-4H3. The Bertz CT molecular complexity index is 710. The summed E-state index contributed by atoms with van der Waals surface area (Å²) >= 11 is 1.43. The van der Waals surface area contributed by atoms with Gasteiger partial charge in [-0.05, 0) is 12.1 Å². The molecule has 0 amide bonds. The first-order valence-corrected chi connectivity index (χ1v) is 11.1. The van der Waals surface area contributed by atoms with Gasteiger partial charge in [-0.25, -0.2) is 4.39 Å². The summed E-state index contributed by atoms with van der Waals surface area (Å²) in [5.41, 5.74) is 0. The zero-order valence-corrected chi connectivity index (χ0v) is 14.3. The normalized spacial score (nSPS) is 13.2. The Labute approximate surface area is 129 Å². The first-order valence-electron chi connectivity index (χ1n) is 6.77. The topological polar surface area (TPSA) is 18.5 Å². The fraction of sp³-hybridized carbons (Fsp3) is 0.250. The largest absolute Gasteiger partial charge is 0.497 e. The summed E-state index contributed by atoms with van der Waals surface area (Å²) in [6.07, 6.45) is 0. The van der Waals surface area contributed by atoms with Crippen molar-refractivity contribution in [2.45, 2.75) is 29.4 Å².